The molecule has 0 heterocycles. The van der Waals surface area contributed by atoms with E-state index in [1.54, 1.807) is 0 Å². The quantitative estimate of drug-likeness (QED) is 0.413. The molecular formula is C8H20N2O3Si. The minimum absolute atomic E-state index is 0.210. The largest absolute Gasteiger partial charge is 0.426 e. The van der Waals surface area contributed by atoms with E-state index >= 15 is 0 Å². The molecule has 0 aliphatic heterocycles. The molecule has 0 aromatic carbocycles. The van der Waals surface area contributed by atoms with Gasteiger partial charge in [0.2, 0.25) is 0 Å². The van der Waals surface area contributed by atoms with E-state index < -0.39 is 6.03 Å². The maximum atomic E-state index is 10.3. The summed E-state index contributed by atoms with van der Waals surface area (Å²) in [5, 5.41) is 2.53. The summed E-state index contributed by atoms with van der Waals surface area (Å²) < 4.78 is 10.4. The fraction of sp³-hybridized carbons (Fsp3) is 0.875. The van der Waals surface area contributed by atoms with Crippen molar-refractivity contribution in [2.45, 2.75) is 25.9 Å². The second-order valence-electron chi connectivity index (χ2n) is 3.11. The summed E-state index contributed by atoms with van der Waals surface area (Å²) in [4.78, 5) is 10.3. The smallest absolute Gasteiger partial charge is 0.312 e. The van der Waals surface area contributed by atoms with Gasteiger partial charge >= 0.3 is 6.03 Å². The molecule has 0 aromatic heterocycles. The van der Waals surface area contributed by atoms with E-state index in [9.17, 15) is 4.79 Å². The number of carbonyl (C=O) groups excluding carboxylic acids is 1. The van der Waals surface area contributed by atoms with Crippen LogP contribution in [0.15, 0.2) is 0 Å². The van der Waals surface area contributed by atoms with Crippen LogP contribution >= 0.6 is 0 Å². The lowest BCUT2D eigenvalue weighted by Crippen LogP contribution is -2.30. The molecule has 5 nitrogen and oxygen atoms in total. The molecule has 6 heteroatoms. The van der Waals surface area contributed by atoms with Crippen LogP contribution in [0.3, 0.4) is 0 Å². The molecule has 0 spiro atoms. The number of hydrogen-bond acceptors (Lipinski definition) is 3. The Balaban J connectivity index is 3.18. The third-order valence-corrected chi connectivity index (χ3v) is 2.18. The number of urea groups is 1. The van der Waals surface area contributed by atoms with Crippen LogP contribution in [0.5, 0.6) is 0 Å². The summed E-state index contributed by atoms with van der Waals surface area (Å²) in [6.45, 7) is 3.95. The molecule has 0 aliphatic carbocycles. The molecule has 2 amide bonds. The Hall–Kier alpha value is -0.593. The highest BCUT2D eigenvalue weighted by Crippen LogP contribution is 2.00. The Labute approximate surface area is 87.9 Å². The summed E-state index contributed by atoms with van der Waals surface area (Å²) in [7, 11) is 0.759. The first-order valence-electron chi connectivity index (χ1n) is 4.80. The molecule has 84 valence electrons. The molecule has 0 aromatic rings. The summed E-state index contributed by atoms with van der Waals surface area (Å²) in [5.74, 6) is 0. The van der Waals surface area contributed by atoms with E-state index in [2.05, 4.69) is 5.32 Å². The first kappa shape index (κ1) is 13.4. The lowest BCUT2D eigenvalue weighted by Gasteiger charge is -2.12. The molecule has 0 radical (unpaired) electrons. The molecule has 0 saturated heterocycles. The van der Waals surface area contributed by atoms with Crippen molar-refractivity contribution in [3.05, 3.63) is 0 Å². The van der Waals surface area contributed by atoms with Gasteiger partial charge in [0.1, 0.15) is 10.5 Å². The fourth-order valence-electron chi connectivity index (χ4n) is 1.02. The van der Waals surface area contributed by atoms with Gasteiger partial charge in [0.25, 0.3) is 0 Å². The number of nitrogens with one attached hydrogen (secondary N) is 1. The Bertz CT molecular complexity index is 158. The highest BCUT2D eigenvalue weighted by molar-refractivity contribution is 5.97. The monoisotopic (exact) mass is 220 g/mol. The minimum atomic E-state index is -0.470. The van der Waals surface area contributed by atoms with Crippen molar-refractivity contribution in [1.82, 2.24) is 5.32 Å². The summed E-state index contributed by atoms with van der Waals surface area (Å²) in [6.07, 6.45) is 2.01. The zero-order chi connectivity index (χ0) is 10.8. The van der Waals surface area contributed by atoms with Crippen molar-refractivity contribution in [3.8, 4) is 0 Å². The van der Waals surface area contributed by atoms with Crippen LogP contribution in [0.25, 0.3) is 0 Å². The summed E-state index contributed by atoms with van der Waals surface area (Å²) in [5.41, 5.74) is 4.91. The standard InChI is InChI=1S/C8H20N2O3Si/c1-7(12-5-6-13-14)3-2-4-10-8(9)11/h7H,2-6H2,1,14H3,(H3,9,10,11). The zero-order valence-corrected chi connectivity index (χ0v) is 10.9. The predicted molar refractivity (Wildman–Crippen MR) is 58.1 cm³/mol. The first-order chi connectivity index (χ1) is 6.66. The van der Waals surface area contributed by atoms with E-state index in [1.807, 2.05) is 6.92 Å². The highest BCUT2D eigenvalue weighted by Gasteiger charge is 2.01. The number of nitrogens with two attached hydrogens (primary N) is 1. The van der Waals surface area contributed by atoms with Crippen LogP contribution in [-0.4, -0.2) is 42.4 Å². The average Bonchev–Trinajstić information content (AvgIpc) is 2.13. The average molecular weight is 220 g/mol. The van der Waals surface area contributed by atoms with Gasteiger partial charge in [0.05, 0.1) is 19.3 Å². The van der Waals surface area contributed by atoms with Crippen LogP contribution in [0.4, 0.5) is 4.79 Å². The van der Waals surface area contributed by atoms with Crippen molar-refractivity contribution in [3.63, 3.8) is 0 Å². The lowest BCUT2D eigenvalue weighted by atomic mass is 10.2. The van der Waals surface area contributed by atoms with Gasteiger partial charge in [0, 0.05) is 6.54 Å². The van der Waals surface area contributed by atoms with Gasteiger partial charge in [-0.25, -0.2) is 4.79 Å². The molecule has 0 fully saturated rings. The van der Waals surface area contributed by atoms with E-state index in [0.29, 0.717) is 19.8 Å². The van der Waals surface area contributed by atoms with Gasteiger partial charge in [0.15, 0.2) is 0 Å². The molecule has 1 unspecified atom stereocenters. The molecule has 0 bridgehead atoms. The van der Waals surface area contributed by atoms with E-state index in [0.717, 1.165) is 23.3 Å². The maximum Gasteiger partial charge on any atom is 0.312 e. The topological polar surface area (TPSA) is 73.6 Å². The second-order valence-corrected chi connectivity index (χ2v) is 3.68. The zero-order valence-electron chi connectivity index (χ0n) is 8.91. The third kappa shape index (κ3) is 9.49. The number of hydrogen-bond donors (Lipinski definition) is 2. The van der Waals surface area contributed by atoms with Gasteiger partial charge < -0.3 is 20.2 Å². The fourth-order valence-corrected chi connectivity index (χ4v) is 1.18. The second kappa shape index (κ2) is 8.98. The van der Waals surface area contributed by atoms with Crippen molar-refractivity contribution in [2.24, 2.45) is 5.73 Å². The van der Waals surface area contributed by atoms with Crippen molar-refractivity contribution in [1.29, 1.82) is 0 Å². The molecule has 1 atom stereocenters. The van der Waals surface area contributed by atoms with Gasteiger partial charge in [-0.05, 0) is 19.8 Å². The van der Waals surface area contributed by atoms with E-state index in [1.165, 1.54) is 0 Å². The van der Waals surface area contributed by atoms with E-state index in [-0.39, 0.29) is 6.10 Å². The third-order valence-electron chi connectivity index (χ3n) is 1.78. The van der Waals surface area contributed by atoms with Crippen molar-refractivity contribution in [2.75, 3.05) is 19.8 Å². The number of amides is 2. The van der Waals surface area contributed by atoms with Crippen LogP contribution < -0.4 is 11.1 Å². The first-order valence-corrected chi connectivity index (χ1v) is 5.62. The van der Waals surface area contributed by atoms with Crippen LogP contribution in [-0.2, 0) is 9.16 Å². The molecule has 14 heavy (non-hydrogen) atoms. The van der Waals surface area contributed by atoms with Gasteiger partial charge in [-0.2, -0.15) is 0 Å². The SMILES string of the molecule is CC(CCCNC(N)=O)OCCO[SiH3]. The number of primary amides is 1. The van der Waals surface area contributed by atoms with Crippen LogP contribution in [0.1, 0.15) is 19.8 Å². The molecule has 0 saturated carbocycles. The lowest BCUT2D eigenvalue weighted by molar-refractivity contribution is 0.0405. The van der Waals surface area contributed by atoms with Gasteiger partial charge in [-0.3, -0.25) is 0 Å². The highest BCUT2D eigenvalue weighted by atomic mass is 28.2. The summed E-state index contributed by atoms with van der Waals surface area (Å²) >= 11 is 0. The van der Waals surface area contributed by atoms with Gasteiger partial charge in [-0.1, -0.05) is 0 Å². The van der Waals surface area contributed by atoms with E-state index in [4.69, 9.17) is 14.9 Å². The predicted octanol–water partition coefficient (Wildman–Crippen LogP) is -0.863. The molecule has 0 aliphatic rings. The van der Waals surface area contributed by atoms with Crippen LogP contribution in [0.2, 0.25) is 0 Å². The number of ether oxygens (including phenoxy) is 1. The number of rotatable bonds is 8. The Kier molecular flexibility index (Phi) is 8.60. The molecular weight excluding hydrogens is 200 g/mol. The van der Waals surface area contributed by atoms with Crippen LogP contribution in [0, 0.1) is 0 Å². The Morgan fingerprint density at radius 1 is 1.57 bits per heavy atom. The Morgan fingerprint density at radius 2 is 2.29 bits per heavy atom. The van der Waals surface area contributed by atoms with Gasteiger partial charge in [-0.15, -0.1) is 0 Å². The number of carbonyl (C=O) groups is 1. The molecule has 0 rings (SSSR count). The van der Waals surface area contributed by atoms with Crippen molar-refractivity contribution >= 4 is 16.5 Å². The Morgan fingerprint density at radius 3 is 2.86 bits per heavy atom. The minimum Gasteiger partial charge on any atom is -0.426 e. The van der Waals surface area contributed by atoms with Crippen molar-refractivity contribution < 1.29 is 14.0 Å². The molecule has 3 N–H and O–H groups in total. The normalized spacial score (nSPS) is 12.6. The summed E-state index contributed by atoms with van der Waals surface area (Å²) in [6, 6.07) is -0.470. The maximum absolute atomic E-state index is 10.3.